The molecule has 3 rings (SSSR count). The molecule has 0 radical (unpaired) electrons. The predicted octanol–water partition coefficient (Wildman–Crippen LogP) is 2.85. The third-order valence-corrected chi connectivity index (χ3v) is 5.84. The van der Waals surface area contributed by atoms with Gasteiger partial charge in [0.1, 0.15) is 17.4 Å². The number of nitrogens with zero attached hydrogens (tertiary/aromatic N) is 3. The first-order valence-corrected chi connectivity index (χ1v) is 9.47. The zero-order valence-electron chi connectivity index (χ0n) is 12.4. The van der Waals surface area contributed by atoms with E-state index in [0.29, 0.717) is 16.8 Å². The minimum Gasteiger partial charge on any atom is -0.317 e. The molecule has 0 bridgehead atoms. The van der Waals surface area contributed by atoms with Crippen LogP contribution in [0.5, 0.6) is 0 Å². The molecule has 0 N–H and O–H groups in total. The van der Waals surface area contributed by atoms with Crippen molar-refractivity contribution >= 4 is 21.4 Å². The highest BCUT2D eigenvalue weighted by Gasteiger charge is 2.26. The zero-order valence-corrected chi connectivity index (χ0v) is 13.9. The van der Waals surface area contributed by atoms with Crippen molar-refractivity contribution in [3.05, 3.63) is 46.5 Å². The number of sulfone groups is 1. The molecule has 2 aromatic rings. The second-order valence-corrected chi connectivity index (χ2v) is 8.32. The van der Waals surface area contributed by atoms with Crippen molar-refractivity contribution in [2.75, 3.05) is 0 Å². The lowest BCUT2D eigenvalue weighted by Crippen LogP contribution is -2.16. The third-order valence-electron chi connectivity index (χ3n) is 4.12. The molecule has 0 amide bonds. The summed E-state index contributed by atoms with van der Waals surface area (Å²) in [6.45, 7) is 0. The average Bonchev–Trinajstić information content (AvgIpc) is 2.72. The summed E-state index contributed by atoms with van der Waals surface area (Å²) in [5, 5.41) is 8.84. The van der Waals surface area contributed by atoms with Gasteiger partial charge in [-0.05, 0) is 30.5 Å². The first-order valence-electron chi connectivity index (χ1n) is 7.27. The van der Waals surface area contributed by atoms with Gasteiger partial charge in [-0.2, -0.15) is 0 Å². The molecule has 118 valence electrons. The number of aromatic nitrogens is 3. The second-order valence-electron chi connectivity index (χ2n) is 5.82. The van der Waals surface area contributed by atoms with Crippen LogP contribution in [0.2, 0.25) is 5.02 Å². The van der Waals surface area contributed by atoms with Crippen molar-refractivity contribution in [3.63, 3.8) is 0 Å². The molecule has 1 heterocycles. The van der Waals surface area contributed by atoms with E-state index >= 15 is 0 Å². The van der Waals surface area contributed by atoms with Gasteiger partial charge in [-0.25, -0.2) is 8.42 Å². The van der Waals surface area contributed by atoms with Gasteiger partial charge in [0.15, 0.2) is 9.84 Å². The van der Waals surface area contributed by atoms with Crippen molar-refractivity contribution < 1.29 is 8.42 Å². The summed E-state index contributed by atoms with van der Waals surface area (Å²) in [4.78, 5) is 0. The van der Waals surface area contributed by atoms with E-state index < -0.39 is 9.84 Å². The van der Waals surface area contributed by atoms with Gasteiger partial charge in [0.05, 0.1) is 5.75 Å². The Bertz CT molecular complexity index is 765. The molecule has 0 saturated heterocycles. The van der Waals surface area contributed by atoms with Crippen LogP contribution in [-0.4, -0.2) is 23.2 Å². The van der Waals surface area contributed by atoms with Crippen LogP contribution in [0.25, 0.3) is 0 Å². The molecular weight excluding hydrogens is 322 g/mol. The van der Waals surface area contributed by atoms with Gasteiger partial charge in [0.2, 0.25) is 0 Å². The molecular formula is C15H18ClN3O2S. The van der Waals surface area contributed by atoms with E-state index in [0.717, 1.165) is 24.2 Å². The highest BCUT2D eigenvalue weighted by atomic mass is 35.5. The van der Waals surface area contributed by atoms with Crippen molar-refractivity contribution in [2.45, 2.75) is 36.7 Å². The summed E-state index contributed by atoms with van der Waals surface area (Å²) in [6, 6.07) is 6.86. The molecule has 1 aliphatic carbocycles. The molecule has 1 aromatic carbocycles. The molecule has 1 saturated carbocycles. The Hall–Kier alpha value is -1.40. The number of benzene rings is 1. The molecule has 0 atom stereocenters. The van der Waals surface area contributed by atoms with Crippen molar-refractivity contribution in [3.8, 4) is 0 Å². The van der Waals surface area contributed by atoms with Crippen LogP contribution in [-0.2, 0) is 28.4 Å². The Labute approximate surface area is 135 Å². The van der Waals surface area contributed by atoms with Crippen LogP contribution in [0.1, 0.15) is 42.4 Å². The fourth-order valence-electron chi connectivity index (χ4n) is 2.61. The van der Waals surface area contributed by atoms with Gasteiger partial charge in [0, 0.05) is 18.0 Å². The Morgan fingerprint density at radius 2 is 1.86 bits per heavy atom. The standard InChI is InChI=1S/C15H18ClN3O2S/c1-19-14(17-18-15(19)12-3-2-4-12)10-22(20,21)9-11-5-7-13(16)8-6-11/h5-8,12H,2-4,9-10H2,1H3. The second kappa shape index (κ2) is 6.01. The molecule has 1 fully saturated rings. The number of hydrogen-bond acceptors (Lipinski definition) is 4. The van der Waals surface area contributed by atoms with Crippen LogP contribution >= 0.6 is 11.6 Å². The average molecular weight is 340 g/mol. The summed E-state index contributed by atoms with van der Waals surface area (Å²) in [5.74, 6) is 1.74. The normalized spacial score (nSPS) is 15.7. The maximum Gasteiger partial charge on any atom is 0.161 e. The number of rotatable bonds is 5. The van der Waals surface area contributed by atoms with E-state index in [9.17, 15) is 8.42 Å². The summed E-state index contributed by atoms with van der Waals surface area (Å²) in [5.41, 5.74) is 0.728. The number of hydrogen-bond donors (Lipinski definition) is 0. The SMILES string of the molecule is Cn1c(CS(=O)(=O)Cc2ccc(Cl)cc2)nnc1C1CCC1. The van der Waals surface area contributed by atoms with Crippen LogP contribution in [0.3, 0.4) is 0 Å². The minimum atomic E-state index is -3.29. The lowest BCUT2D eigenvalue weighted by atomic mass is 9.85. The first-order chi connectivity index (χ1) is 10.4. The molecule has 0 unspecified atom stereocenters. The first kappa shape index (κ1) is 15.5. The zero-order chi connectivity index (χ0) is 15.7. The largest absolute Gasteiger partial charge is 0.317 e. The number of halogens is 1. The van der Waals surface area contributed by atoms with Crippen molar-refractivity contribution in [1.82, 2.24) is 14.8 Å². The quantitative estimate of drug-likeness (QED) is 0.840. The van der Waals surface area contributed by atoms with Crippen molar-refractivity contribution in [1.29, 1.82) is 0 Å². The van der Waals surface area contributed by atoms with Gasteiger partial charge < -0.3 is 4.57 Å². The molecule has 1 aromatic heterocycles. The van der Waals surface area contributed by atoms with E-state index in [-0.39, 0.29) is 11.5 Å². The van der Waals surface area contributed by atoms with E-state index in [1.165, 1.54) is 6.42 Å². The monoisotopic (exact) mass is 339 g/mol. The van der Waals surface area contributed by atoms with Gasteiger partial charge in [0.25, 0.3) is 0 Å². The van der Waals surface area contributed by atoms with E-state index in [1.54, 1.807) is 24.3 Å². The Morgan fingerprint density at radius 3 is 2.45 bits per heavy atom. The van der Waals surface area contributed by atoms with Crippen LogP contribution in [0, 0.1) is 0 Å². The van der Waals surface area contributed by atoms with Gasteiger partial charge >= 0.3 is 0 Å². The molecule has 7 heteroatoms. The van der Waals surface area contributed by atoms with Crippen LogP contribution in [0.4, 0.5) is 0 Å². The highest BCUT2D eigenvalue weighted by molar-refractivity contribution is 7.89. The van der Waals surface area contributed by atoms with Crippen molar-refractivity contribution in [2.24, 2.45) is 7.05 Å². The smallest absolute Gasteiger partial charge is 0.161 e. The Balaban J connectivity index is 1.74. The molecule has 0 spiro atoms. The van der Waals surface area contributed by atoms with Gasteiger partial charge in [-0.15, -0.1) is 10.2 Å². The predicted molar refractivity (Wildman–Crippen MR) is 85.4 cm³/mol. The maximum atomic E-state index is 12.4. The summed E-state index contributed by atoms with van der Waals surface area (Å²) in [6.07, 6.45) is 3.44. The lowest BCUT2D eigenvalue weighted by molar-refractivity contribution is 0.391. The topological polar surface area (TPSA) is 64.8 Å². The highest BCUT2D eigenvalue weighted by Crippen LogP contribution is 2.35. The minimum absolute atomic E-state index is 0.0181. The molecule has 22 heavy (non-hydrogen) atoms. The Kier molecular flexibility index (Phi) is 4.23. The van der Waals surface area contributed by atoms with Crippen LogP contribution in [0.15, 0.2) is 24.3 Å². The van der Waals surface area contributed by atoms with Gasteiger partial charge in [-0.3, -0.25) is 0 Å². The van der Waals surface area contributed by atoms with Gasteiger partial charge in [-0.1, -0.05) is 30.2 Å². The maximum absolute atomic E-state index is 12.4. The van der Waals surface area contributed by atoms with E-state index in [4.69, 9.17) is 11.6 Å². The fourth-order valence-corrected chi connectivity index (χ4v) is 4.18. The van der Waals surface area contributed by atoms with Crippen LogP contribution < -0.4 is 0 Å². The summed E-state index contributed by atoms with van der Waals surface area (Å²) < 4.78 is 26.5. The lowest BCUT2D eigenvalue weighted by Gasteiger charge is -2.24. The fraction of sp³-hybridized carbons (Fsp3) is 0.467. The van der Waals surface area contributed by atoms with E-state index in [2.05, 4.69) is 10.2 Å². The Morgan fingerprint density at radius 1 is 1.18 bits per heavy atom. The molecule has 0 aliphatic heterocycles. The van der Waals surface area contributed by atoms with E-state index in [1.807, 2.05) is 11.6 Å². The molecule has 1 aliphatic rings. The summed E-state index contributed by atoms with van der Waals surface area (Å²) in [7, 11) is -1.44. The third kappa shape index (κ3) is 3.33. The summed E-state index contributed by atoms with van der Waals surface area (Å²) >= 11 is 5.81. The molecule has 5 nitrogen and oxygen atoms in total.